The molecule has 0 aromatic rings. The Hall–Kier alpha value is 0. The first-order valence-electron chi connectivity index (χ1n) is 6.15. The minimum Gasteiger partial charge on any atom is -0.0654 e. The highest BCUT2D eigenvalue weighted by Gasteiger charge is 2.42. The van der Waals surface area contributed by atoms with Gasteiger partial charge in [-0.15, -0.1) is 0 Å². The molecule has 0 nitrogen and oxygen atoms in total. The van der Waals surface area contributed by atoms with Crippen molar-refractivity contribution in [1.29, 1.82) is 0 Å². The first-order chi connectivity index (χ1) is 6.15. The van der Waals surface area contributed by atoms with Gasteiger partial charge in [-0.05, 0) is 36.5 Å². The Morgan fingerprint density at radius 1 is 1.23 bits per heavy atom. The number of rotatable bonds is 4. The van der Waals surface area contributed by atoms with Crippen LogP contribution >= 0.6 is 0 Å². The van der Waals surface area contributed by atoms with Gasteiger partial charge in [-0.1, -0.05) is 47.0 Å². The molecule has 0 radical (unpaired) electrons. The maximum atomic E-state index is 2.54. The van der Waals surface area contributed by atoms with Crippen molar-refractivity contribution in [1.82, 2.24) is 0 Å². The molecule has 78 valence electrons. The number of hydrogen-bond donors (Lipinski definition) is 0. The van der Waals surface area contributed by atoms with Gasteiger partial charge < -0.3 is 0 Å². The van der Waals surface area contributed by atoms with Crippen molar-refractivity contribution in [3.8, 4) is 0 Å². The highest BCUT2D eigenvalue weighted by Crippen LogP contribution is 2.51. The monoisotopic (exact) mass is 182 g/mol. The van der Waals surface area contributed by atoms with Crippen molar-refractivity contribution >= 4 is 0 Å². The van der Waals surface area contributed by atoms with E-state index in [9.17, 15) is 0 Å². The van der Waals surface area contributed by atoms with Crippen LogP contribution in [0.25, 0.3) is 0 Å². The van der Waals surface area contributed by atoms with Crippen LogP contribution in [0.5, 0.6) is 0 Å². The summed E-state index contributed by atoms with van der Waals surface area (Å²) in [5, 5.41) is 0. The van der Waals surface area contributed by atoms with E-state index in [1.54, 1.807) is 0 Å². The fourth-order valence-electron chi connectivity index (χ4n) is 3.19. The summed E-state index contributed by atoms with van der Waals surface area (Å²) in [4.78, 5) is 0. The molecule has 0 heteroatoms. The Balaban J connectivity index is 2.59. The predicted molar refractivity (Wildman–Crippen MR) is 59.8 cm³/mol. The molecule has 0 heterocycles. The molecular weight excluding hydrogens is 156 g/mol. The molecule has 0 aliphatic heterocycles. The van der Waals surface area contributed by atoms with Crippen molar-refractivity contribution in [2.45, 2.75) is 66.2 Å². The van der Waals surface area contributed by atoms with Crippen LogP contribution in [0.3, 0.4) is 0 Å². The maximum Gasteiger partial charge on any atom is -0.0272 e. The van der Waals surface area contributed by atoms with E-state index in [0.717, 1.165) is 11.8 Å². The highest BCUT2D eigenvalue weighted by molar-refractivity contribution is 4.92. The van der Waals surface area contributed by atoms with E-state index in [4.69, 9.17) is 0 Å². The van der Waals surface area contributed by atoms with Gasteiger partial charge in [-0.3, -0.25) is 0 Å². The van der Waals surface area contributed by atoms with E-state index in [-0.39, 0.29) is 0 Å². The molecule has 0 saturated heterocycles. The zero-order valence-electron chi connectivity index (χ0n) is 9.90. The van der Waals surface area contributed by atoms with Crippen LogP contribution in [0.1, 0.15) is 66.2 Å². The minimum absolute atomic E-state index is 0.671. The molecule has 1 rings (SSSR count). The lowest BCUT2D eigenvalue weighted by molar-refractivity contribution is 0.145. The Labute approximate surface area is 84.1 Å². The second-order valence-electron chi connectivity index (χ2n) is 5.19. The van der Waals surface area contributed by atoms with E-state index < -0.39 is 0 Å². The van der Waals surface area contributed by atoms with E-state index in [1.807, 2.05) is 0 Å². The topological polar surface area (TPSA) is 0 Å². The van der Waals surface area contributed by atoms with Gasteiger partial charge in [0.25, 0.3) is 0 Å². The summed E-state index contributed by atoms with van der Waals surface area (Å²) >= 11 is 0. The third kappa shape index (κ3) is 2.08. The van der Waals surface area contributed by atoms with Gasteiger partial charge in [-0.25, -0.2) is 0 Å². The molecular formula is C13H26. The van der Waals surface area contributed by atoms with Gasteiger partial charge in [-0.2, -0.15) is 0 Å². The first-order valence-corrected chi connectivity index (χ1v) is 6.15. The van der Waals surface area contributed by atoms with E-state index in [1.165, 1.54) is 38.5 Å². The molecule has 1 aliphatic carbocycles. The zero-order chi connectivity index (χ0) is 9.90. The second kappa shape index (κ2) is 4.48. The Morgan fingerprint density at radius 3 is 2.46 bits per heavy atom. The first kappa shape index (κ1) is 11.1. The Morgan fingerprint density at radius 2 is 1.92 bits per heavy atom. The summed E-state index contributed by atoms with van der Waals surface area (Å²) in [7, 11) is 0. The standard InChI is InChI=1S/C13H26/c1-5-7-10-13(4)11(3)8-9-12(13)6-2/h11-12H,5-10H2,1-4H3/t11?,12?,13-/m0/s1. The quantitative estimate of drug-likeness (QED) is 0.594. The summed E-state index contributed by atoms with van der Waals surface area (Å²) < 4.78 is 0. The molecule has 13 heavy (non-hydrogen) atoms. The zero-order valence-corrected chi connectivity index (χ0v) is 9.90. The fourth-order valence-corrected chi connectivity index (χ4v) is 3.19. The minimum atomic E-state index is 0.671. The van der Waals surface area contributed by atoms with Crippen molar-refractivity contribution in [3.05, 3.63) is 0 Å². The molecule has 1 saturated carbocycles. The largest absolute Gasteiger partial charge is 0.0654 e. The Kier molecular flexibility index (Phi) is 3.82. The maximum absolute atomic E-state index is 2.54. The lowest BCUT2D eigenvalue weighted by atomic mass is 9.70. The smallest absolute Gasteiger partial charge is 0.0272 e. The third-order valence-electron chi connectivity index (χ3n) is 4.57. The second-order valence-corrected chi connectivity index (χ2v) is 5.19. The van der Waals surface area contributed by atoms with Crippen molar-refractivity contribution in [2.24, 2.45) is 17.3 Å². The van der Waals surface area contributed by atoms with Crippen LogP contribution in [-0.2, 0) is 0 Å². The summed E-state index contributed by atoms with van der Waals surface area (Å²) in [5.74, 6) is 1.97. The highest BCUT2D eigenvalue weighted by atomic mass is 14.5. The molecule has 0 amide bonds. The van der Waals surface area contributed by atoms with Gasteiger partial charge in [0.05, 0.1) is 0 Å². The van der Waals surface area contributed by atoms with E-state index in [2.05, 4.69) is 27.7 Å². The molecule has 1 fully saturated rings. The van der Waals surface area contributed by atoms with Crippen LogP contribution in [0.15, 0.2) is 0 Å². The van der Waals surface area contributed by atoms with Crippen molar-refractivity contribution in [2.75, 3.05) is 0 Å². The molecule has 1 aliphatic rings. The van der Waals surface area contributed by atoms with Crippen molar-refractivity contribution in [3.63, 3.8) is 0 Å². The molecule has 0 N–H and O–H groups in total. The molecule has 0 bridgehead atoms. The van der Waals surface area contributed by atoms with Crippen LogP contribution in [0.2, 0.25) is 0 Å². The van der Waals surface area contributed by atoms with Crippen LogP contribution in [-0.4, -0.2) is 0 Å². The van der Waals surface area contributed by atoms with Crippen LogP contribution in [0.4, 0.5) is 0 Å². The Bertz CT molecular complexity index is 150. The molecule has 3 atom stereocenters. The van der Waals surface area contributed by atoms with Crippen molar-refractivity contribution < 1.29 is 0 Å². The predicted octanol–water partition coefficient (Wildman–Crippen LogP) is 4.64. The van der Waals surface area contributed by atoms with Crippen LogP contribution < -0.4 is 0 Å². The average molecular weight is 182 g/mol. The summed E-state index contributed by atoms with van der Waals surface area (Å²) in [5.41, 5.74) is 0.671. The lowest BCUT2D eigenvalue weighted by Crippen LogP contribution is -2.27. The third-order valence-corrected chi connectivity index (χ3v) is 4.57. The molecule has 0 aromatic carbocycles. The normalized spacial score (nSPS) is 39.7. The van der Waals surface area contributed by atoms with E-state index in [0.29, 0.717) is 5.41 Å². The van der Waals surface area contributed by atoms with Gasteiger partial charge in [0.1, 0.15) is 0 Å². The number of hydrogen-bond acceptors (Lipinski definition) is 0. The van der Waals surface area contributed by atoms with E-state index >= 15 is 0 Å². The van der Waals surface area contributed by atoms with Gasteiger partial charge in [0, 0.05) is 0 Å². The average Bonchev–Trinajstić information content (AvgIpc) is 2.41. The van der Waals surface area contributed by atoms with Gasteiger partial charge >= 0.3 is 0 Å². The van der Waals surface area contributed by atoms with Gasteiger partial charge in [0.2, 0.25) is 0 Å². The summed E-state index contributed by atoms with van der Waals surface area (Å²) in [6.07, 6.45) is 8.60. The van der Waals surface area contributed by atoms with Crippen LogP contribution in [0, 0.1) is 17.3 Å². The lowest BCUT2D eigenvalue weighted by Gasteiger charge is -2.35. The molecule has 0 aromatic heterocycles. The number of unbranched alkanes of at least 4 members (excludes halogenated alkanes) is 1. The SMILES string of the molecule is CCCC[C@@]1(C)C(C)CCC1CC. The molecule has 0 spiro atoms. The summed E-state index contributed by atoms with van der Waals surface area (Å²) in [6, 6.07) is 0. The summed E-state index contributed by atoms with van der Waals surface area (Å²) in [6.45, 7) is 9.68. The fraction of sp³-hybridized carbons (Fsp3) is 1.00. The van der Waals surface area contributed by atoms with Gasteiger partial charge in [0.15, 0.2) is 0 Å². The molecule has 2 unspecified atom stereocenters.